The first kappa shape index (κ1) is 20.8. The smallest absolute Gasteiger partial charge is 0.131 e. The Hall–Kier alpha value is -3.83. The molecule has 0 radical (unpaired) electrons. The third-order valence-corrected chi connectivity index (χ3v) is 6.70. The van der Waals surface area contributed by atoms with Crippen molar-refractivity contribution >= 4 is 17.8 Å². The molecule has 0 amide bonds. The van der Waals surface area contributed by atoms with Gasteiger partial charge in [0.05, 0.1) is 11.9 Å². The third-order valence-electron chi connectivity index (χ3n) is 6.70. The predicted molar refractivity (Wildman–Crippen MR) is 139 cm³/mol. The summed E-state index contributed by atoms with van der Waals surface area (Å²) < 4.78 is 0. The molecule has 0 saturated heterocycles. The van der Waals surface area contributed by atoms with Gasteiger partial charge in [-0.3, -0.25) is 15.3 Å². The number of nitrogens with zero attached hydrogens (tertiary/aromatic N) is 3. The first-order valence-electron chi connectivity index (χ1n) is 11.9. The number of amidine groups is 1. The minimum Gasteiger partial charge on any atom is -0.354 e. The normalized spacial score (nSPS) is 27.4. The van der Waals surface area contributed by atoms with Crippen molar-refractivity contribution in [2.24, 2.45) is 20.9 Å². The molecule has 4 aliphatic rings. The third kappa shape index (κ3) is 4.22. The molecule has 4 atom stereocenters. The molecule has 4 unspecified atom stereocenters. The fraction of sp³-hybridized carbons (Fsp3) is 0.207. The van der Waals surface area contributed by atoms with Gasteiger partial charge in [-0.15, -0.1) is 0 Å². The Morgan fingerprint density at radius 3 is 2.62 bits per heavy atom. The van der Waals surface area contributed by atoms with Gasteiger partial charge in [0.15, 0.2) is 0 Å². The topological polar surface area (TPSA) is 61.1 Å². The summed E-state index contributed by atoms with van der Waals surface area (Å²) in [6.07, 6.45) is 17.7. The lowest BCUT2D eigenvalue weighted by molar-refractivity contribution is 0.328. The molecular formula is C29H27N5. The highest BCUT2D eigenvalue weighted by atomic mass is 15.3. The van der Waals surface area contributed by atoms with Crippen LogP contribution in [-0.2, 0) is 0 Å². The minimum atomic E-state index is -0.138. The summed E-state index contributed by atoms with van der Waals surface area (Å²) in [6.45, 7) is 0.793. The van der Waals surface area contributed by atoms with Crippen LogP contribution >= 0.6 is 0 Å². The summed E-state index contributed by atoms with van der Waals surface area (Å²) in [6, 6.07) is 19.2. The predicted octanol–water partition coefficient (Wildman–Crippen LogP) is 4.85. The maximum absolute atomic E-state index is 5.11. The number of aliphatic imine (C=N–C) groups is 3. The number of dihydropyridines is 1. The second-order valence-electron chi connectivity index (χ2n) is 8.96. The molecule has 34 heavy (non-hydrogen) atoms. The quantitative estimate of drug-likeness (QED) is 0.691. The van der Waals surface area contributed by atoms with E-state index < -0.39 is 0 Å². The molecule has 2 aromatic rings. The monoisotopic (exact) mass is 445 g/mol. The van der Waals surface area contributed by atoms with Crippen molar-refractivity contribution in [3.8, 4) is 0 Å². The summed E-state index contributed by atoms with van der Waals surface area (Å²) in [7, 11) is 0. The van der Waals surface area contributed by atoms with E-state index in [0.717, 1.165) is 30.1 Å². The van der Waals surface area contributed by atoms with Crippen LogP contribution in [0.1, 0.15) is 35.2 Å². The second kappa shape index (κ2) is 9.20. The molecule has 1 aliphatic carbocycles. The number of nitrogens with one attached hydrogen (secondary N) is 2. The number of hydrogen-bond acceptors (Lipinski definition) is 5. The average molecular weight is 446 g/mol. The van der Waals surface area contributed by atoms with Crippen molar-refractivity contribution in [2.75, 3.05) is 6.54 Å². The van der Waals surface area contributed by atoms with Crippen LogP contribution in [0.25, 0.3) is 0 Å². The molecule has 3 aliphatic heterocycles. The van der Waals surface area contributed by atoms with Gasteiger partial charge < -0.3 is 5.32 Å². The lowest BCUT2D eigenvalue weighted by Gasteiger charge is -2.36. The molecule has 6 rings (SSSR count). The summed E-state index contributed by atoms with van der Waals surface area (Å²) in [5, 5.41) is 7.47. The highest BCUT2D eigenvalue weighted by Gasteiger charge is 2.30. The first-order valence-corrected chi connectivity index (χ1v) is 11.9. The average Bonchev–Trinajstić information content (AvgIpc) is 2.89. The zero-order chi connectivity index (χ0) is 22.7. The largest absolute Gasteiger partial charge is 0.354 e. The van der Waals surface area contributed by atoms with Crippen LogP contribution in [0.5, 0.6) is 0 Å². The molecule has 0 spiro atoms. The Morgan fingerprint density at radius 1 is 0.941 bits per heavy atom. The van der Waals surface area contributed by atoms with Crippen molar-refractivity contribution in [1.82, 2.24) is 10.6 Å². The van der Waals surface area contributed by atoms with Gasteiger partial charge in [0.1, 0.15) is 12.0 Å². The molecule has 3 heterocycles. The van der Waals surface area contributed by atoms with Crippen molar-refractivity contribution < 1.29 is 0 Å². The number of allylic oxidation sites excluding steroid dienone is 5. The van der Waals surface area contributed by atoms with Crippen LogP contribution in [0.4, 0.5) is 0 Å². The molecule has 2 aromatic carbocycles. The van der Waals surface area contributed by atoms with Gasteiger partial charge >= 0.3 is 0 Å². The van der Waals surface area contributed by atoms with Crippen LogP contribution in [0, 0.1) is 5.92 Å². The Balaban J connectivity index is 1.32. The SMILES string of the molecule is C1=CC(c2cccc(C3N=C(c4ccccc4)NC(C4C=C(C5=NC=C5)C=CC4)N3)c2)CN=C1. The highest BCUT2D eigenvalue weighted by molar-refractivity contribution is 6.13. The van der Waals surface area contributed by atoms with Gasteiger partial charge in [-0.2, -0.15) is 0 Å². The Morgan fingerprint density at radius 2 is 1.82 bits per heavy atom. The number of benzene rings is 2. The molecule has 0 aromatic heterocycles. The van der Waals surface area contributed by atoms with E-state index in [1.165, 1.54) is 16.7 Å². The van der Waals surface area contributed by atoms with Gasteiger partial charge in [-0.25, -0.2) is 4.99 Å². The summed E-state index contributed by atoms with van der Waals surface area (Å²) in [5.74, 6) is 1.52. The van der Waals surface area contributed by atoms with Crippen molar-refractivity contribution in [3.63, 3.8) is 0 Å². The second-order valence-corrected chi connectivity index (χ2v) is 8.96. The molecule has 168 valence electrons. The zero-order valence-corrected chi connectivity index (χ0v) is 18.9. The van der Waals surface area contributed by atoms with Crippen molar-refractivity contribution in [2.45, 2.75) is 24.7 Å². The Bertz CT molecular complexity index is 1280. The molecule has 0 saturated carbocycles. The number of rotatable bonds is 5. The van der Waals surface area contributed by atoms with Gasteiger partial charge in [-0.1, -0.05) is 78.9 Å². The molecule has 5 heteroatoms. The van der Waals surface area contributed by atoms with E-state index in [-0.39, 0.29) is 18.2 Å². The van der Waals surface area contributed by atoms with E-state index in [0.29, 0.717) is 5.92 Å². The van der Waals surface area contributed by atoms with E-state index >= 15 is 0 Å². The van der Waals surface area contributed by atoms with Crippen molar-refractivity contribution in [1.29, 1.82) is 0 Å². The van der Waals surface area contributed by atoms with E-state index in [9.17, 15) is 0 Å². The lowest BCUT2D eigenvalue weighted by atomic mass is 9.89. The van der Waals surface area contributed by atoms with Gasteiger partial charge in [0.2, 0.25) is 0 Å². The van der Waals surface area contributed by atoms with Gasteiger partial charge in [0, 0.05) is 36.4 Å². The molecule has 2 N–H and O–H groups in total. The van der Waals surface area contributed by atoms with Crippen molar-refractivity contribution in [3.05, 3.63) is 120 Å². The Labute approximate surface area is 200 Å². The van der Waals surface area contributed by atoms with Gasteiger partial charge in [0.25, 0.3) is 0 Å². The summed E-state index contributed by atoms with van der Waals surface area (Å²) in [4.78, 5) is 13.9. The highest BCUT2D eigenvalue weighted by Crippen LogP contribution is 2.29. The van der Waals surface area contributed by atoms with E-state index in [1.807, 2.05) is 24.6 Å². The van der Waals surface area contributed by atoms with Crippen LogP contribution in [0.2, 0.25) is 0 Å². The first-order chi connectivity index (χ1) is 16.8. The molecular weight excluding hydrogens is 418 g/mol. The van der Waals surface area contributed by atoms with E-state index in [2.05, 4.69) is 99.5 Å². The van der Waals surface area contributed by atoms with Crippen LogP contribution in [0.15, 0.2) is 118 Å². The fourth-order valence-corrected chi connectivity index (χ4v) is 4.80. The summed E-state index contributed by atoms with van der Waals surface area (Å²) in [5.41, 5.74) is 5.79. The lowest BCUT2D eigenvalue weighted by Crippen LogP contribution is -2.54. The summed E-state index contributed by atoms with van der Waals surface area (Å²) >= 11 is 0. The molecule has 0 fully saturated rings. The maximum atomic E-state index is 5.11. The van der Waals surface area contributed by atoms with Crippen LogP contribution < -0.4 is 10.6 Å². The van der Waals surface area contributed by atoms with Crippen LogP contribution in [-0.4, -0.2) is 30.5 Å². The fourth-order valence-electron chi connectivity index (χ4n) is 4.80. The standard InChI is InChI=1S/C29H27N5/c1-2-7-20(8-3-1)27-32-28(23-11-4-9-21(17-23)25-13-6-15-30-19-25)34-29(33-27)24-12-5-10-22(18-24)26-14-16-31-26/h1-11,13-18,24-25,28-29,34H,12,19H2,(H,32,33). The van der Waals surface area contributed by atoms with E-state index in [4.69, 9.17) is 4.99 Å². The number of hydrogen-bond donors (Lipinski definition) is 2. The molecule has 5 nitrogen and oxygen atoms in total. The van der Waals surface area contributed by atoms with Gasteiger partial charge in [-0.05, 0) is 35.3 Å². The Kier molecular flexibility index (Phi) is 5.61. The van der Waals surface area contributed by atoms with E-state index in [1.54, 1.807) is 0 Å². The zero-order valence-electron chi connectivity index (χ0n) is 18.9. The minimum absolute atomic E-state index is 0.0464. The van der Waals surface area contributed by atoms with Crippen LogP contribution in [0.3, 0.4) is 0 Å². The molecule has 0 bridgehead atoms. The maximum Gasteiger partial charge on any atom is 0.131 e.